The summed E-state index contributed by atoms with van der Waals surface area (Å²) in [5, 5.41) is 13.0. The Balaban J connectivity index is 1.85. The van der Waals surface area contributed by atoms with Crippen LogP contribution < -0.4 is 5.32 Å². The molecule has 1 saturated heterocycles. The summed E-state index contributed by atoms with van der Waals surface area (Å²) in [6.07, 6.45) is 2.82. The van der Waals surface area contributed by atoms with E-state index in [0.29, 0.717) is 23.6 Å². The average Bonchev–Trinajstić information content (AvgIpc) is 3.04. The normalized spacial score (nSPS) is 20.0. The Labute approximate surface area is 128 Å². The Bertz CT molecular complexity index is 609. The number of likely N-dealkylation sites (tertiary alicyclic amines) is 1. The van der Waals surface area contributed by atoms with Gasteiger partial charge in [0.15, 0.2) is 0 Å². The molecule has 0 spiro atoms. The number of nitrogens with zero attached hydrogens (tertiary/aromatic N) is 2. The molecule has 0 bridgehead atoms. The number of hydrogen-bond donors (Lipinski definition) is 1. The molecule has 0 saturated carbocycles. The third kappa shape index (κ3) is 2.76. The number of urea groups is 1. The predicted molar refractivity (Wildman–Crippen MR) is 81.4 cm³/mol. The number of nitrogens with one attached hydrogen (secondary N) is 1. The minimum atomic E-state index is -0.254. The van der Waals surface area contributed by atoms with Gasteiger partial charge >= 0.3 is 6.03 Å². The van der Waals surface area contributed by atoms with Gasteiger partial charge in [0.05, 0.1) is 17.8 Å². The number of anilines is 1. The van der Waals surface area contributed by atoms with E-state index in [-0.39, 0.29) is 11.6 Å². The molecule has 3 heterocycles. The minimum absolute atomic E-state index is 0.0947. The second kappa shape index (κ2) is 5.32. The summed E-state index contributed by atoms with van der Waals surface area (Å²) in [4.78, 5) is 15.1. The van der Waals surface area contributed by atoms with Crippen molar-refractivity contribution in [2.45, 2.75) is 45.3 Å². The van der Waals surface area contributed by atoms with Crippen molar-refractivity contribution in [2.75, 3.05) is 18.4 Å². The highest BCUT2D eigenvalue weighted by Gasteiger charge is 2.32. The van der Waals surface area contributed by atoms with Gasteiger partial charge in [-0.3, -0.25) is 5.32 Å². The van der Waals surface area contributed by atoms with Gasteiger partial charge in [-0.1, -0.05) is 0 Å². The summed E-state index contributed by atoms with van der Waals surface area (Å²) >= 11 is 1.47. The largest absolute Gasteiger partial charge is 0.370 e. The van der Waals surface area contributed by atoms with Crippen LogP contribution in [0.25, 0.3) is 0 Å². The van der Waals surface area contributed by atoms with Gasteiger partial charge in [-0.25, -0.2) is 4.79 Å². The standard InChI is InChI=1S/C15H19N3O2S/c1-15(2)7-10-11(8-16)13(21-12(10)9-20-15)17-14(19)18-5-3-4-6-18/h3-7,9H2,1-2H3,(H,17,19). The first-order valence-corrected chi connectivity index (χ1v) is 8.06. The zero-order chi connectivity index (χ0) is 15.0. The number of fused-ring (bicyclic) bond motifs is 1. The third-order valence-corrected chi connectivity index (χ3v) is 5.13. The lowest BCUT2D eigenvalue weighted by Gasteiger charge is -2.29. The molecule has 1 N–H and O–H groups in total. The SMILES string of the molecule is CC1(C)Cc2c(sc(NC(=O)N3CCCC3)c2C#N)CO1. The Kier molecular flexibility index (Phi) is 3.64. The van der Waals surface area contributed by atoms with E-state index in [1.54, 1.807) is 4.90 Å². The minimum Gasteiger partial charge on any atom is -0.370 e. The van der Waals surface area contributed by atoms with E-state index in [4.69, 9.17) is 4.74 Å². The highest BCUT2D eigenvalue weighted by Crippen LogP contribution is 2.40. The topological polar surface area (TPSA) is 65.4 Å². The molecule has 3 rings (SSSR count). The van der Waals surface area contributed by atoms with E-state index < -0.39 is 0 Å². The molecule has 2 aliphatic heterocycles. The van der Waals surface area contributed by atoms with E-state index in [0.717, 1.165) is 36.4 Å². The van der Waals surface area contributed by atoms with Crippen LogP contribution >= 0.6 is 11.3 Å². The molecule has 5 nitrogen and oxygen atoms in total. The van der Waals surface area contributed by atoms with Gasteiger partial charge in [0, 0.05) is 24.4 Å². The molecule has 1 aromatic heterocycles. The van der Waals surface area contributed by atoms with Crippen molar-refractivity contribution < 1.29 is 9.53 Å². The molecule has 2 aliphatic rings. The van der Waals surface area contributed by atoms with Crippen molar-refractivity contribution in [1.29, 1.82) is 5.26 Å². The summed E-state index contributed by atoms with van der Waals surface area (Å²) in [7, 11) is 0. The highest BCUT2D eigenvalue weighted by molar-refractivity contribution is 7.16. The van der Waals surface area contributed by atoms with Gasteiger partial charge in [0.25, 0.3) is 0 Å². The van der Waals surface area contributed by atoms with Gasteiger partial charge < -0.3 is 9.64 Å². The number of ether oxygens (including phenoxy) is 1. The maximum atomic E-state index is 12.2. The van der Waals surface area contributed by atoms with E-state index in [9.17, 15) is 10.1 Å². The van der Waals surface area contributed by atoms with Crippen LogP contribution in [0.5, 0.6) is 0 Å². The quantitative estimate of drug-likeness (QED) is 0.867. The zero-order valence-electron chi connectivity index (χ0n) is 12.4. The van der Waals surface area contributed by atoms with Crippen molar-refractivity contribution in [1.82, 2.24) is 4.90 Å². The monoisotopic (exact) mass is 305 g/mol. The molecule has 1 fully saturated rings. The van der Waals surface area contributed by atoms with E-state index in [2.05, 4.69) is 11.4 Å². The van der Waals surface area contributed by atoms with Gasteiger partial charge in [-0.15, -0.1) is 11.3 Å². The molecule has 112 valence electrons. The Hall–Kier alpha value is -1.58. The van der Waals surface area contributed by atoms with Crippen LogP contribution in [0.15, 0.2) is 0 Å². The van der Waals surface area contributed by atoms with E-state index in [1.165, 1.54) is 11.3 Å². The van der Waals surface area contributed by atoms with Crippen LogP contribution in [-0.2, 0) is 17.8 Å². The third-order valence-electron chi connectivity index (χ3n) is 4.01. The van der Waals surface area contributed by atoms with Crippen molar-refractivity contribution >= 4 is 22.4 Å². The van der Waals surface area contributed by atoms with Crippen molar-refractivity contribution in [3.8, 4) is 6.07 Å². The average molecular weight is 305 g/mol. The van der Waals surface area contributed by atoms with Crippen LogP contribution in [-0.4, -0.2) is 29.6 Å². The fourth-order valence-corrected chi connectivity index (χ4v) is 3.93. The van der Waals surface area contributed by atoms with Crippen molar-refractivity contribution in [3.05, 3.63) is 16.0 Å². The molecule has 21 heavy (non-hydrogen) atoms. The molecule has 1 aromatic rings. The molecule has 0 aromatic carbocycles. The predicted octanol–water partition coefficient (Wildman–Crippen LogP) is 3.10. The van der Waals surface area contributed by atoms with Crippen LogP contribution in [0.3, 0.4) is 0 Å². The van der Waals surface area contributed by atoms with Gasteiger partial charge in [-0.05, 0) is 32.3 Å². The lowest BCUT2D eigenvalue weighted by molar-refractivity contribution is -0.0383. The number of hydrogen-bond acceptors (Lipinski definition) is 4. The summed E-state index contributed by atoms with van der Waals surface area (Å²) in [5.41, 5.74) is 1.39. The lowest BCUT2D eigenvalue weighted by atomic mass is 9.93. The first kappa shape index (κ1) is 14.4. The van der Waals surface area contributed by atoms with Gasteiger partial charge in [0.1, 0.15) is 11.1 Å². The van der Waals surface area contributed by atoms with E-state index in [1.807, 2.05) is 13.8 Å². The molecular formula is C15H19N3O2S. The Morgan fingerprint density at radius 1 is 1.43 bits per heavy atom. The summed E-state index contributed by atoms with van der Waals surface area (Å²) in [6.45, 7) is 6.17. The Morgan fingerprint density at radius 3 is 2.81 bits per heavy atom. The summed E-state index contributed by atoms with van der Waals surface area (Å²) < 4.78 is 5.79. The number of thiophene rings is 1. The summed E-state index contributed by atoms with van der Waals surface area (Å²) in [6, 6.07) is 2.16. The van der Waals surface area contributed by atoms with E-state index >= 15 is 0 Å². The van der Waals surface area contributed by atoms with Crippen LogP contribution in [0.4, 0.5) is 9.80 Å². The molecule has 6 heteroatoms. The maximum absolute atomic E-state index is 12.2. The number of amides is 2. The molecule has 2 amide bonds. The zero-order valence-corrected chi connectivity index (χ0v) is 13.2. The number of rotatable bonds is 1. The molecule has 0 unspecified atom stereocenters. The second-order valence-corrected chi connectivity index (χ2v) is 7.27. The number of carbonyl (C=O) groups is 1. The van der Waals surface area contributed by atoms with Gasteiger partial charge in [0.2, 0.25) is 0 Å². The molecule has 0 aliphatic carbocycles. The molecule has 0 atom stereocenters. The molecular weight excluding hydrogens is 286 g/mol. The fourth-order valence-electron chi connectivity index (χ4n) is 2.86. The van der Waals surface area contributed by atoms with Crippen LogP contribution in [0.1, 0.15) is 42.7 Å². The summed E-state index contributed by atoms with van der Waals surface area (Å²) in [5.74, 6) is 0. The lowest BCUT2D eigenvalue weighted by Crippen LogP contribution is -2.32. The Morgan fingerprint density at radius 2 is 2.14 bits per heavy atom. The first-order valence-electron chi connectivity index (χ1n) is 7.25. The highest BCUT2D eigenvalue weighted by atomic mass is 32.1. The van der Waals surface area contributed by atoms with Gasteiger partial charge in [-0.2, -0.15) is 5.26 Å². The fraction of sp³-hybridized carbons (Fsp3) is 0.600. The van der Waals surface area contributed by atoms with Crippen LogP contribution in [0, 0.1) is 11.3 Å². The number of carbonyl (C=O) groups excluding carboxylic acids is 1. The smallest absolute Gasteiger partial charge is 0.322 e. The van der Waals surface area contributed by atoms with Crippen molar-refractivity contribution in [2.24, 2.45) is 0 Å². The second-order valence-electron chi connectivity index (χ2n) is 6.17. The molecule has 0 radical (unpaired) electrons. The number of nitriles is 1. The maximum Gasteiger partial charge on any atom is 0.322 e. The first-order chi connectivity index (χ1) is 10.00. The van der Waals surface area contributed by atoms with Crippen LogP contribution in [0.2, 0.25) is 0 Å². The van der Waals surface area contributed by atoms with Crippen molar-refractivity contribution in [3.63, 3.8) is 0 Å².